The lowest BCUT2D eigenvalue weighted by atomic mass is 9.83. The van der Waals surface area contributed by atoms with Gasteiger partial charge in [0.1, 0.15) is 17.5 Å². The molecule has 0 aliphatic carbocycles. The van der Waals surface area contributed by atoms with E-state index in [0.717, 1.165) is 46.7 Å². The van der Waals surface area contributed by atoms with Crippen molar-refractivity contribution in [3.8, 4) is 5.75 Å². The van der Waals surface area contributed by atoms with Gasteiger partial charge in [0, 0.05) is 10.8 Å². The van der Waals surface area contributed by atoms with Gasteiger partial charge >= 0.3 is 17.2 Å². The van der Waals surface area contributed by atoms with Crippen LogP contribution in [0.3, 0.4) is 0 Å². The molecule has 47 heavy (non-hydrogen) atoms. The van der Waals surface area contributed by atoms with E-state index in [9.17, 15) is 45.5 Å². The first-order valence-electron chi connectivity index (χ1n) is 13.7. The first-order chi connectivity index (χ1) is 22.2. The van der Waals surface area contributed by atoms with Crippen LogP contribution in [0.15, 0.2) is 82.6 Å². The number of nitrogens with zero attached hydrogens (tertiary/aromatic N) is 2. The fourth-order valence-electron chi connectivity index (χ4n) is 5.67. The number of thioether (sulfide) groups is 1. The number of halogens is 6. The first kappa shape index (κ1) is 32.4. The monoisotopic (exact) mass is 693 g/mol. The number of aromatic nitrogens is 1. The summed E-state index contributed by atoms with van der Waals surface area (Å²) in [7, 11) is 1.44. The van der Waals surface area contributed by atoms with Crippen molar-refractivity contribution in [3.05, 3.63) is 104 Å². The highest BCUT2D eigenvalue weighted by molar-refractivity contribution is 8.00. The molecule has 0 spiro atoms. The third-order valence-corrected chi connectivity index (χ3v) is 10.4. The standard InChI is InChI=1S/C31H21F6N3O5S2/c1-45-18-11-9-15(10-12-18)22-23-24(27(43)40(26(23)42)17-6-4-5-16(13-17)30(32,33)34)46-28-25(22)47-29(44)39(28)14-21(41)38-20-8-3-2-7-19(20)31(35,36)37/h2-13,22-24H,14H2,1H3,(H,38,41). The molecule has 1 saturated heterocycles. The fraction of sp³-hybridized carbons (Fsp3) is 0.226. The molecular weight excluding hydrogens is 672 g/mol. The number of methoxy groups -OCH3 is 1. The van der Waals surface area contributed by atoms with E-state index >= 15 is 0 Å². The Morgan fingerprint density at radius 1 is 0.894 bits per heavy atom. The topological polar surface area (TPSA) is 97.7 Å². The summed E-state index contributed by atoms with van der Waals surface area (Å²) in [6.45, 7) is -0.712. The highest BCUT2D eigenvalue weighted by Gasteiger charge is 2.57. The van der Waals surface area contributed by atoms with Gasteiger partial charge in [0.05, 0.1) is 40.6 Å². The zero-order valence-electron chi connectivity index (χ0n) is 23.9. The summed E-state index contributed by atoms with van der Waals surface area (Å²) >= 11 is 1.52. The van der Waals surface area contributed by atoms with Crippen molar-refractivity contribution >= 4 is 52.2 Å². The minimum Gasteiger partial charge on any atom is -0.497 e. The molecule has 1 fully saturated rings. The molecule has 1 N–H and O–H groups in total. The predicted octanol–water partition coefficient (Wildman–Crippen LogP) is 6.39. The van der Waals surface area contributed by atoms with Crippen LogP contribution in [0.25, 0.3) is 0 Å². The molecule has 0 bridgehead atoms. The van der Waals surface area contributed by atoms with Crippen LogP contribution in [-0.4, -0.2) is 34.6 Å². The molecule has 244 valence electrons. The van der Waals surface area contributed by atoms with Gasteiger partial charge in [-0.25, -0.2) is 4.90 Å². The number of amides is 3. The number of hydrogen-bond acceptors (Lipinski definition) is 7. The van der Waals surface area contributed by atoms with Crippen molar-refractivity contribution in [2.45, 2.75) is 35.1 Å². The third-order valence-electron chi connectivity index (χ3n) is 7.76. The van der Waals surface area contributed by atoms with Gasteiger partial charge in [0.2, 0.25) is 17.7 Å². The Bertz CT molecular complexity index is 1950. The van der Waals surface area contributed by atoms with Crippen LogP contribution >= 0.6 is 23.1 Å². The van der Waals surface area contributed by atoms with Gasteiger partial charge in [0.15, 0.2) is 0 Å². The molecule has 0 saturated carbocycles. The van der Waals surface area contributed by atoms with E-state index in [1.165, 1.54) is 19.2 Å². The maximum atomic E-state index is 14.0. The number of imide groups is 1. The van der Waals surface area contributed by atoms with E-state index in [-0.39, 0.29) is 10.7 Å². The normalized spacial score (nSPS) is 19.4. The van der Waals surface area contributed by atoms with Crippen molar-refractivity contribution < 1.29 is 45.5 Å². The molecule has 3 unspecified atom stereocenters. The number of nitrogens with one attached hydrogen (secondary N) is 1. The fourth-order valence-corrected chi connectivity index (χ4v) is 8.45. The van der Waals surface area contributed by atoms with Gasteiger partial charge < -0.3 is 10.1 Å². The number of carbonyl (C=O) groups excluding carboxylic acids is 3. The molecule has 8 nitrogen and oxygen atoms in total. The molecule has 3 heterocycles. The molecule has 4 aromatic rings. The summed E-state index contributed by atoms with van der Waals surface area (Å²) in [4.78, 5) is 54.5. The van der Waals surface area contributed by atoms with Gasteiger partial charge in [-0.2, -0.15) is 26.3 Å². The average molecular weight is 694 g/mol. The van der Waals surface area contributed by atoms with Gasteiger partial charge in [-0.15, -0.1) is 0 Å². The molecule has 2 aliphatic heterocycles. The smallest absolute Gasteiger partial charge is 0.418 e. The van der Waals surface area contributed by atoms with Crippen LogP contribution in [0.4, 0.5) is 37.7 Å². The van der Waals surface area contributed by atoms with Crippen molar-refractivity contribution in [3.63, 3.8) is 0 Å². The van der Waals surface area contributed by atoms with Gasteiger partial charge in [-0.3, -0.25) is 23.7 Å². The minimum atomic E-state index is -4.76. The summed E-state index contributed by atoms with van der Waals surface area (Å²) in [6.07, 6.45) is -9.50. The van der Waals surface area contributed by atoms with E-state index in [2.05, 4.69) is 5.32 Å². The first-order valence-corrected chi connectivity index (χ1v) is 15.4. The van der Waals surface area contributed by atoms with Gasteiger partial charge in [-0.05, 0) is 48.0 Å². The summed E-state index contributed by atoms with van der Waals surface area (Å²) in [6, 6.07) is 14.6. The Morgan fingerprint density at radius 2 is 1.60 bits per heavy atom. The number of ether oxygens (including phenoxy) is 1. The number of carbonyl (C=O) groups is 3. The maximum absolute atomic E-state index is 14.0. The minimum absolute atomic E-state index is 0.147. The van der Waals surface area contributed by atoms with E-state index in [0.29, 0.717) is 38.5 Å². The molecule has 3 atom stereocenters. The SMILES string of the molecule is COc1ccc(C2c3sc(=O)n(CC(=O)Nc4ccccc4C(F)(F)F)c3SC3C(=O)N(c4cccc(C(F)(F)F)c4)C(=O)C32)cc1. The second-order valence-electron chi connectivity index (χ2n) is 10.6. The van der Waals surface area contributed by atoms with E-state index in [1.807, 2.05) is 0 Å². The summed E-state index contributed by atoms with van der Waals surface area (Å²) in [5.74, 6) is -4.14. The molecule has 3 amide bonds. The Labute approximate surface area is 269 Å². The summed E-state index contributed by atoms with van der Waals surface area (Å²) < 4.78 is 87.3. The zero-order valence-corrected chi connectivity index (χ0v) is 25.5. The number of benzene rings is 3. The number of hydrogen-bond donors (Lipinski definition) is 1. The van der Waals surface area contributed by atoms with Crippen LogP contribution < -0.4 is 19.8 Å². The number of alkyl halides is 6. The molecular formula is C31H21F6N3O5S2. The lowest BCUT2D eigenvalue weighted by Gasteiger charge is -2.30. The van der Waals surface area contributed by atoms with E-state index < -0.39 is 75.4 Å². The lowest BCUT2D eigenvalue weighted by Crippen LogP contribution is -2.33. The quantitative estimate of drug-likeness (QED) is 0.186. The van der Waals surface area contributed by atoms with Crippen LogP contribution in [0, 0.1) is 5.92 Å². The predicted molar refractivity (Wildman–Crippen MR) is 161 cm³/mol. The van der Waals surface area contributed by atoms with Gasteiger partial charge in [-0.1, -0.05) is 53.4 Å². The Kier molecular flexibility index (Phi) is 8.20. The number of anilines is 2. The van der Waals surface area contributed by atoms with Crippen molar-refractivity contribution in [2.24, 2.45) is 5.92 Å². The summed E-state index contributed by atoms with van der Waals surface area (Å²) in [5.41, 5.74) is -2.45. The maximum Gasteiger partial charge on any atom is 0.418 e. The zero-order chi connectivity index (χ0) is 33.8. The largest absolute Gasteiger partial charge is 0.497 e. The highest BCUT2D eigenvalue weighted by atomic mass is 32.2. The van der Waals surface area contributed by atoms with Crippen molar-refractivity contribution in [2.75, 3.05) is 17.3 Å². The van der Waals surface area contributed by atoms with E-state index in [4.69, 9.17) is 4.74 Å². The van der Waals surface area contributed by atoms with Crippen LogP contribution in [0.2, 0.25) is 0 Å². The van der Waals surface area contributed by atoms with E-state index in [1.54, 1.807) is 24.3 Å². The number of fused-ring (bicyclic) bond motifs is 2. The number of rotatable bonds is 6. The van der Waals surface area contributed by atoms with Crippen LogP contribution in [0.1, 0.15) is 27.5 Å². The van der Waals surface area contributed by atoms with Gasteiger partial charge in [0.25, 0.3) is 0 Å². The molecule has 2 aliphatic rings. The molecule has 16 heteroatoms. The highest BCUT2D eigenvalue weighted by Crippen LogP contribution is 2.54. The molecule has 1 aromatic heterocycles. The third kappa shape index (κ3) is 5.91. The molecule has 6 rings (SSSR count). The Morgan fingerprint density at radius 3 is 2.26 bits per heavy atom. The Hall–Kier alpha value is -4.57. The number of para-hydroxylation sites is 1. The van der Waals surface area contributed by atoms with Crippen molar-refractivity contribution in [1.82, 2.24) is 4.57 Å². The molecule has 0 radical (unpaired) electrons. The Balaban J connectivity index is 1.40. The second-order valence-corrected chi connectivity index (χ2v) is 12.7. The van der Waals surface area contributed by atoms with Crippen LogP contribution in [0.5, 0.6) is 5.75 Å². The average Bonchev–Trinajstić information content (AvgIpc) is 3.46. The van der Waals surface area contributed by atoms with Crippen LogP contribution in [-0.2, 0) is 33.3 Å². The molecule has 3 aromatic carbocycles. The van der Waals surface area contributed by atoms with Crippen molar-refractivity contribution in [1.29, 1.82) is 0 Å². The lowest BCUT2D eigenvalue weighted by molar-refractivity contribution is -0.138. The summed E-state index contributed by atoms with van der Waals surface area (Å²) in [5, 5.41) is 1.14. The second kappa shape index (κ2) is 11.9. The number of thiazole rings is 1.